The summed E-state index contributed by atoms with van der Waals surface area (Å²) in [6.07, 6.45) is 3.86. The number of rotatable bonds is 2. The van der Waals surface area contributed by atoms with Crippen LogP contribution in [0, 0.1) is 5.92 Å². The highest BCUT2D eigenvalue weighted by Gasteiger charge is 2.33. The van der Waals surface area contributed by atoms with E-state index >= 15 is 0 Å². The smallest absolute Gasteiger partial charge is 0.312 e. The largest absolute Gasteiger partial charge is 0.361 e. The third-order valence-corrected chi connectivity index (χ3v) is 4.58. The zero-order valence-electron chi connectivity index (χ0n) is 13.5. The lowest BCUT2D eigenvalue weighted by molar-refractivity contribution is -0.147. The molecule has 0 bridgehead atoms. The van der Waals surface area contributed by atoms with E-state index in [0.717, 1.165) is 35.9 Å². The Balaban J connectivity index is 1.96. The lowest BCUT2D eigenvalue weighted by Gasteiger charge is -2.38. The zero-order valence-corrected chi connectivity index (χ0v) is 13.5. The van der Waals surface area contributed by atoms with Crippen molar-refractivity contribution in [2.75, 3.05) is 6.54 Å². The van der Waals surface area contributed by atoms with Gasteiger partial charge >= 0.3 is 11.8 Å². The molecule has 6 heteroatoms. The average molecular weight is 314 g/mol. The maximum Gasteiger partial charge on any atom is 0.312 e. The number of primary amides is 1. The average Bonchev–Trinajstić information content (AvgIpc) is 2.96. The van der Waals surface area contributed by atoms with E-state index in [1.165, 1.54) is 0 Å². The van der Waals surface area contributed by atoms with E-state index in [4.69, 9.17) is 5.73 Å². The molecule has 3 rings (SSSR count). The third-order valence-electron chi connectivity index (χ3n) is 4.58. The molecule has 122 valence electrons. The molecule has 1 aromatic heterocycles. The Kier molecular flexibility index (Phi) is 4.07. The number of carbonyl (C=O) groups excluding carboxylic acids is 2. The Hall–Kier alpha value is -2.37. The normalized spacial score (nSPS) is 21.6. The summed E-state index contributed by atoms with van der Waals surface area (Å²) in [5.74, 6) is -1.11. The van der Waals surface area contributed by atoms with Crippen LogP contribution in [-0.4, -0.2) is 33.0 Å². The highest BCUT2D eigenvalue weighted by atomic mass is 16.2. The number of benzene rings is 1. The molecule has 1 fully saturated rings. The van der Waals surface area contributed by atoms with Gasteiger partial charge in [-0.2, -0.15) is 5.10 Å². The number of hydrogen-bond acceptors (Lipinski definition) is 3. The first-order valence-electron chi connectivity index (χ1n) is 8.07. The Morgan fingerprint density at radius 1 is 1.35 bits per heavy atom. The van der Waals surface area contributed by atoms with E-state index in [-0.39, 0.29) is 6.04 Å². The van der Waals surface area contributed by atoms with Crippen molar-refractivity contribution in [2.45, 2.75) is 39.3 Å². The number of aryl methyl sites for hydroxylation is 1. The van der Waals surface area contributed by atoms with E-state index in [1.54, 1.807) is 4.90 Å². The highest BCUT2D eigenvalue weighted by molar-refractivity contribution is 6.34. The first kappa shape index (κ1) is 15.5. The van der Waals surface area contributed by atoms with Crippen molar-refractivity contribution in [3.8, 4) is 0 Å². The lowest BCUT2D eigenvalue weighted by Crippen LogP contribution is -2.46. The zero-order chi connectivity index (χ0) is 16.6. The van der Waals surface area contributed by atoms with Gasteiger partial charge in [0.25, 0.3) is 0 Å². The van der Waals surface area contributed by atoms with Gasteiger partial charge in [-0.1, -0.05) is 19.1 Å². The Morgan fingerprint density at radius 2 is 2.13 bits per heavy atom. The number of nitrogens with two attached hydrogens (primary N) is 1. The first-order valence-corrected chi connectivity index (χ1v) is 8.07. The number of piperidine rings is 1. The number of amides is 2. The van der Waals surface area contributed by atoms with E-state index in [9.17, 15) is 9.59 Å². The Labute approximate surface area is 135 Å². The van der Waals surface area contributed by atoms with Gasteiger partial charge < -0.3 is 10.6 Å². The minimum absolute atomic E-state index is 0.109. The highest BCUT2D eigenvalue weighted by Crippen LogP contribution is 2.34. The van der Waals surface area contributed by atoms with E-state index in [1.807, 2.05) is 36.0 Å². The minimum atomic E-state index is -0.888. The van der Waals surface area contributed by atoms with Crippen LogP contribution in [0.2, 0.25) is 0 Å². The molecule has 0 radical (unpaired) electrons. The number of carbonyl (C=O) groups is 2. The predicted octanol–water partition coefficient (Wildman–Crippen LogP) is 1.84. The second-order valence-corrected chi connectivity index (χ2v) is 6.32. The van der Waals surface area contributed by atoms with Crippen molar-refractivity contribution in [1.29, 1.82) is 0 Å². The van der Waals surface area contributed by atoms with Crippen molar-refractivity contribution < 1.29 is 9.59 Å². The van der Waals surface area contributed by atoms with Crippen molar-refractivity contribution in [1.82, 2.24) is 14.7 Å². The molecule has 2 heterocycles. The topological polar surface area (TPSA) is 81.2 Å². The molecule has 2 aromatic rings. The van der Waals surface area contributed by atoms with Crippen LogP contribution in [0.1, 0.15) is 38.3 Å². The van der Waals surface area contributed by atoms with Crippen LogP contribution in [0.5, 0.6) is 0 Å². The van der Waals surface area contributed by atoms with Crippen LogP contribution in [0.4, 0.5) is 0 Å². The van der Waals surface area contributed by atoms with Gasteiger partial charge in [-0.3, -0.25) is 14.3 Å². The van der Waals surface area contributed by atoms with Gasteiger partial charge in [0.05, 0.1) is 11.6 Å². The lowest BCUT2D eigenvalue weighted by atomic mass is 9.89. The fourth-order valence-corrected chi connectivity index (χ4v) is 3.32. The molecule has 23 heavy (non-hydrogen) atoms. The molecule has 1 aromatic carbocycles. The summed E-state index contributed by atoms with van der Waals surface area (Å²) in [4.78, 5) is 25.1. The summed E-state index contributed by atoms with van der Waals surface area (Å²) in [5.41, 5.74) is 7.14. The standard InChI is InChI=1S/C17H22N4O2/c1-3-20-10-13-6-5-12(8-14(13)19-20)15-7-4-11(2)9-21(15)17(23)16(18)22/h5-6,8,10-11,15H,3-4,7,9H2,1-2H3,(H2,18,22). The molecule has 2 N–H and O–H groups in total. The minimum Gasteiger partial charge on any atom is -0.361 e. The van der Waals surface area contributed by atoms with Gasteiger partial charge in [-0.15, -0.1) is 0 Å². The molecule has 2 unspecified atom stereocenters. The summed E-state index contributed by atoms with van der Waals surface area (Å²) in [6.45, 7) is 5.51. The van der Waals surface area contributed by atoms with Crippen LogP contribution in [-0.2, 0) is 16.1 Å². The maximum atomic E-state index is 12.2. The van der Waals surface area contributed by atoms with Gasteiger partial charge in [-0.05, 0) is 37.3 Å². The van der Waals surface area contributed by atoms with Gasteiger partial charge in [0.15, 0.2) is 0 Å². The second-order valence-electron chi connectivity index (χ2n) is 6.32. The van der Waals surface area contributed by atoms with Gasteiger partial charge in [0, 0.05) is 24.7 Å². The summed E-state index contributed by atoms with van der Waals surface area (Å²) in [7, 11) is 0. The molecule has 0 saturated carbocycles. The Bertz CT molecular complexity index is 752. The monoisotopic (exact) mass is 314 g/mol. The van der Waals surface area contributed by atoms with Gasteiger partial charge in [0.1, 0.15) is 0 Å². The van der Waals surface area contributed by atoms with Crippen LogP contribution in [0.3, 0.4) is 0 Å². The van der Waals surface area contributed by atoms with Crippen molar-refractivity contribution in [2.24, 2.45) is 11.7 Å². The molecule has 1 aliphatic rings. The number of hydrogen-bond donors (Lipinski definition) is 1. The number of aromatic nitrogens is 2. The Morgan fingerprint density at radius 3 is 2.83 bits per heavy atom. The molecule has 2 amide bonds. The SMILES string of the molecule is CCn1cc2ccc(C3CCC(C)CN3C(=O)C(N)=O)cc2n1. The quantitative estimate of drug-likeness (QED) is 0.859. The third kappa shape index (κ3) is 2.93. The summed E-state index contributed by atoms with van der Waals surface area (Å²) < 4.78 is 1.89. The molecule has 1 aliphatic heterocycles. The van der Waals surface area contributed by atoms with Crippen molar-refractivity contribution >= 4 is 22.7 Å². The predicted molar refractivity (Wildman–Crippen MR) is 87.5 cm³/mol. The van der Waals surface area contributed by atoms with Crippen molar-refractivity contribution in [3.05, 3.63) is 30.0 Å². The van der Waals surface area contributed by atoms with Gasteiger partial charge in [-0.25, -0.2) is 0 Å². The number of likely N-dealkylation sites (tertiary alicyclic amines) is 1. The summed E-state index contributed by atoms with van der Waals surface area (Å²) in [5, 5.41) is 5.60. The first-order chi connectivity index (χ1) is 11.0. The van der Waals surface area contributed by atoms with Crippen LogP contribution in [0.25, 0.3) is 10.9 Å². The number of nitrogens with zero attached hydrogens (tertiary/aromatic N) is 3. The van der Waals surface area contributed by atoms with E-state index in [0.29, 0.717) is 12.5 Å². The molecule has 1 saturated heterocycles. The fraction of sp³-hybridized carbons (Fsp3) is 0.471. The molecular formula is C17H22N4O2. The fourth-order valence-electron chi connectivity index (χ4n) is 3.32. The molecule has 6 nitrogen and oxygen atoms in total. The van der Waals surface area contributed by atoms with E-state index < -0.39 is 11.8 Å². The van der Waals surface area contributed by atoms with E-state index in [2.05, 4.69) is 12.0 Å². The molecular weight excluding hydrogens is 292 g/mol. The van der Waals surface area contributed by atoms with Gasteiger partial charge in [0.2, 0.25) is 0 Å². The second kappa shape index (κ2) is 6.02. The van der Waals surface area contributed by atoms with Crippen LogP contribution in [0.15, 0.2) is 24.4 Å². The van der Waals surface area contributed by atoms with Crippen molar-refractivity contribution in [3.63, 3.8) is 0 Å². The van der Waals surface area contributed by atoms with Crippen LogP contribution < -0.4 is 5.73 Å². The summed E-state index contributed by atoms with van der Waals surface area (Å²) >= 11 is 0. The maximum absolute atomic E-state index is 12.2. The molecule has 0 aliphatic carbocycles. The number of fused-ring (bicyclic) bond motifs is 1. The summed E-state index contributed by atoms with van der Waals surface area (Å²) in [6, 6.07) is 5.95. The molecule has 0 spiro atoms. The van der Waals surface area contributed by atoms with Crippen LogP contribution >= 0.6 is 0 Å². The molecule has 2 atom stereocenters.